The van der Waals surface area contributed by atoms with Gasteiger partial charge in [0.25, 0.3) is 0 Å². The zero-order chi connectivity index (χ0) is 26.6. The van der Waals surface area contributed by atoms with Gasteiger partial charge in [-0.2, -0.15) is 5.26 Å². The Morgan fingerprint density at radius 3 is 2.23 bits per heavy atom. The second kappa shape index (κ2) is 10.7. The zero-order valence-electron chi connectivity index (χ0n) is 21.6. The number of tetrazole rings is 1. The molecule has 0 fully saturated rings. The average molecular weight is 510 g/mol. The van der Waals surface area contributed by atoms with Gasteiger partial charge in [0, 0.05) is 46.4 Å². The maximum absolute atomic E-state index is 9.20. The standard InChI is InChI=1S/C32H27N7/c1-38-29-16-9-8-15-26(29)27-18-17-23(22-30(27)38)21-28(32-35-36-37-39(32)20-10-19-33)34-31(24-11-4-2-5-12-24)25-13-6-3-7-14-25/h2-9,11-18,22,28H,10,20-21H2,1H3. The van der Waals surface area contributed by atoms with Crippen molar-refractivity contribution in [1.82, 2.24) is 24.8 Å². The molecule has 0 aliphatic heterocycles. The van der Waals surface area contributed by atoms with Crippen LogP contribution in [0, 0.1) is 11.3 Å². The summed E-state index contributed by atoms with van der Waals surface area (Å²) in [5, 5.41) is 24.2. The van der Waals surface area contributed by atoms with E-state index < -0.39 is 0 Å². The number of rotatable bonds is 8. The normalized spacial score (nSPS) is 11.9. The highest BCUT2D eigenvalue weighted by molar-refractivity contribution is 6.13. The fourth-order valence-electron chi connectivity index (χ4n) is 5.18. The van der Waals surface area contributed by atoms with Gasteiger partial charge in [-0.1, -0.05) is 91.0 Å². The molecular formula is C32H27N7. The maximum atomic E-state index is 9.20. The third-order valence-electron chi connectivity index (χ3n) is 7.08. The fraction of sp³-hybridized carbons (Fsp3) is 0.156. The van der Waals surface area contributed by atoms with Gasteiger partial charge in [-0.25, -0.2) is 4.68 Å². The molecule has 0 aliphatic rings. The molecule has 0 radical (unpaired) electrons. The average Bonchev–Trinajstić information content (AvgIpc) is 3.57. The van der Waals surface area contributed by atoms with E-state index in [0.29, 0.717) is 25.2 Å². The summed E-state index contributed by atoms with van der Waals surface area (Å²) in [5.41, 5.74) is 6.43. The Bertz CT molecular complexity index is 1770. The van der Waals surface area contributed by atoms with Crippen LogP contribution in [0.5, 0.6) is 0 Å². The monoisotopic (exact) mass is 509 g/mol. The highest BCUT2D eigenvalue weighted by Gasteiger charge is 2.22. The highest BCUT2D eigenvalue weighted by Crippen LogP contribution is 2.31. The SMILES string of the molecule is Cn1c2ccccc2c2ccc(CC(N=C(c3ccccc3)c3ccccc3)c3nnnn3CCC#N)cc21. The number of nitrogens with zero attached hydrogens (tertiary/aromatic N) is 7. The molecule has 1 atom stereocenters. The second-order valence-electron chi connectivity index (χ2n) is 9.53. The number of fused-ring (bicyclic) bond motifs is 3. The molecule has 6 rings (SSSR count). The Labute approximate surface area is 226 Å². The van der Waals surface area contributed by atoms with Crippen molar-refractivity contribution in [2.75, 3.05) is 0 Å². The Balaban J connectivity index is 1.49. The first-order valence-corrected chi connectivity index (χ1v) is 13.0. The van der Waals surface area contributed by atoms with Crippen LogP contribution in [0.1, 0.15) is 35.0 Å². The van der Waals surface area contributed by atoms with E-state index in [2.05, 4.69) is 99.9 Å². The molecule has 6 aromatic rings. The first kappa shape index (κ1) is 24.3. The molecule has 7 nitrogen and oxygen atoms in total. The Morgan fingerprint density at radius 1 is 0.846 bits per heavy atom. The lowest BCUT2D eigenvalue weighted by atomic mass is 10.00. The van der Waals surface area contributed by atoms with E-state index >= 15 is 0 Å². The molecule has 0 saturated heterocycles. The number of aromatic nitrogens is 5. The lowest BCUT2D eigenvalue weighted by Gasteiger charge is -2.16. The van der Waals surface area contributed by atoms with Crippen molar-refractivity contribution in [3.63, 3.8) is 0 Å². The number of nitriles is 1. The van der Waals surface area contributed by atoms with E-state index in [1.807, 2.05) is 36.4 Å². The number of hydrogen-bond donors (Lipinski definition) is 0. The van der Waals surface area contributed by atoms with Crippen LogP contribution >= 0.6 is 0 Å². The van der Waals surface area contributed by atoms with Gasteiger partial charge in [0.1, 0.15) is 6.04 Å². The van der Waals surface area contributed by atoms with Gasteiger partial charge in [-0.05, 0) is 28.1 Å². The van der Waals surface area contributed by atoms with Crippen LogP contribution in [0.2, 0.25) is 0 Å². The number of hydrogen-bond acceptors (Lipinski definition) is 5. The van der Waals surface area contributed by atoms with Crippen LogP contribution in [-0.2, 0) is 20.0 Å². The molecule has 39 heavy (non-hydrogen) atoms. The third kappa shape index (κ3) is 4.80. The van der Waals surface area contributed by atoms with Gasteiger partial charge in [0.2, 0.25) is 0 Å². The van der Waals surface area contributed by atoms with Gasteiger partial charge >= 0.3 is 0 Å². The minimum Gasteiger partial charge on any atom is -0.344 e. The number of aryl methyl sites for hydroxylation is 2. The summed E-state index contributed by atoms with van der Waals surface area (Å²) >= 11 is 0. The molecule has 0 spiro atoms. The van der Waals surface area contributed by atoms with E-state index in [4.69, 9.17) is 4.99 Å². The van der Waals surface area contributed by atoms with Crippen LogP contribution in [0.3, 0.4) is 0 Å². The molecule has 0 aliphatic carbocycles. The topological polar surface area (TPSA) is 84.7 Å². The van der Waals surface area contributed by atoms with Crippen LogP contribution in [0.15, 0.2) is 108 Å². The Hall–Kier alpha value is -5.09. The molecule has 0 N–H and O–H groups in total. The van der Waals surface area contributed by atoms with Crippen LogP contribution in [0.4, 0.5) is 0 Å². The molecule has 190 valence electrons. The first-order valence-electron chi connectivity index (χ1n) is 13.0. The molecule has 0 bridgehead atoms. The fourth-order valence-corrected chi connectivity index (χ4v) is 5.18. The molecule has 7 heteroatoms. The van der Waals surface area contributed by atoms with Crippen molar-refractivity contribution < 1.29 is 0 Å². The van der Waals surface area contributed by atoms with Crippen LogP contribution in [0.25, 0.3) is 21.8 Å². The van der Waals surface area contributed by atoms with Gasteiger partial charge in [-0.3, -0.25) is 4.99 Å². The van der Waals surface area contributed by atoms with E-state index in [1.165, 1.54) is 21.8 Å². The molecular weight excluding hydrogens is 482 g/mol. The molecule has 0 saturated carbocycles. The van der Waals surface area contributed by atoms with E-state index in [9.17, 15) is 5.26 Å². The minimum absolute atomic E-state index is 0.320. The minimum atomic E-state index is -0.360. The predicted molar refractivity (Wildman–Crippen MR) is 153 cm³/mol. The van der Waals surface area contributed by atoms with Gasteiger partial charge in [0.15, 0.2) is 5.82 Å². The maximum Gasteiger partial charge on any atom is 0.176 e. The van der Waals surface area contributed by atoms with Gasteiger partial charge < -0.3 is 4.57 Å². The summed E-state index contributed by atoms with van der Waals surface area (Å²) in [7, 11) is 2.11. The zero-order valence-corrected chi connectivity index (χ0v) is 21.6. The van der Waals surface area contributed by atoms with E-state index in [-0.39, 0.29) is 6.04 Å². The molecule has 0 amide bonds. The smallest absolute Gasteiger partial charge is 0.176 e. The predicted octanol–water partition coefficient (Wildman–Crippen LogP) is 6.05. The molecule has 2 heterocycles. The summed E-state index contributed by atoms with van der Waals surface area (Å²) < 4.78 is 3.95. The molecule has 1 unspecified atom stereocenters. The summed E-state index contributed by atoms with van der Waals surface area (Å²) in [5.74, 6) is 0.645. The Kier molecular flexibility index (Phi) is 6.67. The lowest BCUT2D eigenvalue weighted by Crippen LogP contribution is -2.15. The quantitative estimate of drug-likeness (QED) is 0.234. The third-order valence-corrected chi connectivity index (χ3v) is 7.08. The summed E-state index contributed by atoms with van der Waals surface area (Å²) in [6.45, 7) is 0.416. The van der Waals surface area contributed by atoms with Crippen LogP contribution < -0.4 is 0 Å². The van der Waals surface area contributed by atoms with Gasteiger partial charge in [-0.15, -0.1) is 5.10 Å². The van der Waals surface area contributed by atoms with Crippen molar-refractivity contribution in [3.05, 3.63) is 126 Å². The van der Waals surface area contributed by atoms with Crippen molar-refractivity contribution >= 4 is 27.5 Å². The van der Waals surface area contributed by atoms with Crippen LogP contribution in [-0.4, -0.2) is 30.5 Å². The first-order chi connectivity index (χ1) is 19.2. The lowest BCUT2D eigenvalue weighted by molar-refractivity contribution is 0.537. The summed E-state index contributed by atoms with van der Waals surface area (Å²) in [6, 6.07) is 37.3. The molecule has 2 aromatic heterocycles. The van der Waals surface area contributed by atoms with Crippen molar-refractivity contribution in [1.29, 1.82) is 5.26 Å². The van der Waals surface area contributed by atoms with Crippen molar-refractivity contribution in [3.8, 4) is 6.07 Å². The number of benzene rings is 4. The largest absolute Gasteiger partial charge is 0.344 e. The summed E-state index contributed by atoms with van der Waals surface area (Å²) in [4.78, 5) is 5.33. The summed E-state index contributed by atoms with van der Waals surface area (Å²) in [6.07, 6.45) is 0.925. The van der Waals surface area contributed by atoms with Crippen molar-refractivity contribution in [2.24, 2.45) is 12.0 Å². The highest BCUT2D eigenvalue weighted by atomic mass is 15.5. The number of aliphatic imine (C=N–C) groups is 1. The van der Waals surface area contributed by atoms with Gasteiger partial charge in [0.05, 0.1) is 24.7 Å². The van der Waals surface area contributed by atoms with E-state index in [1.54, 1.807) is 4.68 Å². The van der Waals surface area contributed by atoms with E-state index in [0.717, 1.165) is 22.4 Å². The number of para-hydroxylation sites is 1. The Morgan fingerprint density at radius 2 is 1.51 bits per heavy atom. The molecule has 4 aromatic carbocycles. The second-order valence-corrected chi connectivity index (χ2v) is 9.53. The van der Waals surface area contributed by atoms with Crippen molar-refractivity contribution in [2.45, 2.75) is 25.4 Å².